The molecule has 0 aliphatic heterocycles. The van der Waals surface area contributed by atoms with E-state index in [1.807, 2.05) is 0 Å². The molecule has 0 atom stereocenters. The normalized spacial score (nSPS) is 10.7. The van der Waals surface area contributed by atoms with Gasteiger partial charge in [0.15, 0.2) is 24.3 Å². The molecule has 0 aliphatic rings. The molecule has 0 fully saturated rings. The molecule has 104 valence electrons. The number of aldehydes is 2. The summed E-state index contributed by atoms with van der Waals surface area (Å²) in [7, 11) is 0. The Hall–Kier alpha value is -2.56. The van der Waals surface area contributed by atoms with Crippen LogP contribution >= 0.6 is 15.9 Å². The highest BCUT2D eigenvalue weighted by Crippen LogP contribution is 2.39. The van der Waals surface area contributed by atoms with Gasteiger partial charge in [-0.1, -0.05) is 0 Å². The van der Waals surface area contributed by atoms with Gasteiger partial charge in [-0.3, -0.25) is 20.2 Å². The molecule has 0 spiro atoms. The lowest BCUT2D eigenvalue weighted by Crippen LogP contribution is -2.05. The second kappa shape index (κ2) is 6.56. The first-order valence-corrected chi connectivity index (χ1v) is 5.63. The summed E-state index contributed by atoms with van der Waals surface area (Å²) in [5.74, 6) is 0. The van der Waals surface area contributed by atoms with Crippen LogP contribution in [0.4, 0.5) is 17.1 Å². The fourth-order valence-electron chi connectivity index (χ4n) is 1.13. The predicted molar refractivity (Wildman–Crippen MR) is 67.9 cm³/mol. The lowest BCUT2D eigenvalue weighted by molar-refractivity contribution is -0.393. The number of halogens is 1. The highest BCUT2D eigenvalue weighted by atomic mass is 79.9. The minimum absolute atomic E-state index is 0.0577. The van der Waals surface area contributed by atoms with E-state index in [2.05, 4.69) is 26.2 Å². The molecule has 0 aliphatic carbocycles. The smallest absolute Gasteiger partial charge is 0.300 e. The van der Waals surface area contributed by atoms with Crippen molar-refractivity contribution in [3.8, 4) is 0 Å². The molecule has 0 saturated carbocycles. The number of hydrogen-bond donors (Lipinski definition) is 0. The second-order valence-electron chi connectivity index (χ2n) is 3.29. The zero-order valence-electron chi connectivity index (χ0n) is 9.50. The topological polar surface area (TPSA) is 145 Å². The number of carbonyl (C=O) groups is 2. The van der Waals surface area contributed by atoms with Crippen molar-refractivity contribution in [1.29, 1.82) is 0 Å². The van der Waals surface area contributed by atoms with Gasteiger partial charge in [-0.05, 0) is 15.9 Å². The third-order valence-corrected chi connectivity index (χ3v) is 2.61. The molecule has 0 radical (unpaired) electrons. The first-order valence-electron chi connectivity index (χ1n) is 4.84. The zero-order chi connectivity index (χ0) is 15.3. The van der Waals surface area contributed by atoms with Crippen molar-refractivity contribution < 1.29 is 19.4 Å². The van der Waals surface area contributed by atoms with Gasteiger partial charge >= 0.3 is 5.69 Å². The van der Waals surface area contributed by atoms with Gasteiger partial charge in [0, 0.05) is 6.07 Å². The summed E-state index contributed by atoms with van der Waals surface area (Å²) in [6.45, 7) is 0. The Balaban J connectivity index is 3.38. The van der Waals surface area contributed by atoms with Crippen molar-refractivity contribution >= 4 is 45.6 Å². The summed E-state index contributed by atoms with van der Waals surface area (Å²) in [5, 5.41) is 28.2. The van der Waals surface area contributed by atoms with Gasteiger partial charge in [0.25, 0.3) is 5.69 Å². The highest BCUT2D eigenvalue weighted by Gasteiger charge is 2.23. The Morgan fingerprint density at radius 2 is 1.75 bits per heavy atom. The standard InChI is InChI=1S/C9H5BrN4O6/c10-7-1-6(13(17)18)2-8(14(19)20)9(7)12-11-5(3-15)4-16/h1-5H. The Kier molecular flexibility index (Phi) is 5.08. The molecule has 0 amide bonds. The summed E-state index contributed by atoms with van der Waals surface area (Å²) in [5.41, 5.74) is -1.51. The largest absolute Gasteiger partial charge is 0.304 e. The van der Waals surface area contributed by atoms with Gasteiger partial charge in [-0.25, -0.2) is 0 Å². The molecule has 1 aromatic rings. The maximum absolute atomic E-state index is 10.9. The molecule has 1 rings (SSSR count). The quantitative estimate of drug-likeness (QED) is 0.254. The number of rotatable bonds is 6. The summed E-state index contributed by atoms with van der Waals surface area (Å²) in [6, 6.07) is 0.311. The fraction of sp³-hybridized carbons (Fsp3) is 0.111. The van der Waals surface area contributed by atoms with E-state index >= 15 is 0 Å². The first-order chi connectivity index (χ1) is 9.40. The van der Waals surface area contributed by atoms with Gasteiger partial charge in [0.1, 0.15) is 0 Å². The lowest BCUT2D eigenvalue weighted by Gasteiger charge is -2.00. The number of nitro benzene ring substituents is 2. The summed E-state index contributed by atoms with van der Waals surface area (Å²) in [6.07, 6.45) is 0.392. The van der Waals surface area contributed by atoms with Crippen molar-refractivity contribution in [3.05, 3.63) is 36.8 Å². The fourth-order valence-corrected chi connectivity index (χ4v) is 1.64. The van der Waals surface area contributed by atoms with E-state index in [1.165, 1.54) is 0 Å². The molecule has 10 nitrogen and oxygen atoms in total. The third kappa shape index (κ3) is 3.47. The Morgan fingerprint density at radius 1 is 1.15 bits per heavy atom. The number of non-ortho nitro benzene ring substituents is 1. The van der Waals surface area contributed by atoms with Crippen LogP contribution in [0.3, 0.4) is 0 Å². The molecule has 0 N–H and O–H groups in total. The van der Waals surface area contributed by atoms with Crippen LogP contribution in [0.25, 0.3) is 0 Å². The SMILES string of the molecule is O=CC(C=O)N=Nc1c(Br)cc([N+](=O)[O-])cc1[N+](=O)[O-]. The van der Waals surface area contributed by atoms with Gasteiger partial charge in [0.2, 0.25) is 0 Å². The van der Waals surface area contributed by atoms with E-state index in [9.17, 15) is 29.8 Å². The van der Waals surface area contributed by atoms with Crippen LogP contribution < -0.4 is 0 Å². The number of nitrogens with zero attached hydrogens (tertiary/aromatic N) is 4. The maximum atomic E-state index is 10.9. The Labute approximate surface area is 118 Å². The van der Waals surface area contributed by atoms with Crippen LogP contribution in [-0.4, -0.2) is 28.5 Å². The average molecular weight is 345 g/mol. The van der Waals surface area contributed by atoms with Gasteiger partial charge in [-0.15, -0.1) is 5.11 Å². The summed E-state index contributed by atoms with van der Waals surface area (Å²) >= 11 is 2.89. The van der Waals surface area contributed by atoms with Crippen molar-refractivity contribution in [2.45, 2.75) is 6.04 Å². The molecule has 1 aromatic carbocycles. The number of hydrogen-bond acceptors (Lipinski definition) is 8. The molecular formula is C9H5BrN4O6. The van der Waals surface area contributed by atoms with Crippen LogP contribution in [0.15, 0.2) is 26.8 Å². The molecule has 0 heterocycles. The molecule has 0 aromatic heterocycles. The summed E-state index contributed by atoms with van der Waals surface area (Å²) in [4.78, 5) is 40.5. The van der Waals surface area contributed by atoms with Crippen LogP contribution in [0.1, 0.15) is 0 Å². The zero-order valence-corrected chi connectivity index (χ0v) is 11.1. The number of nitro groups is 2. The van der Waals surface area contributed by atoms with E-state index in [1.54, 1.807) is 0 Å². The van der Waals surface area contributed by atoms with Crippen molar-refractivity contribution in [2.24, 2.45) is 10.2 Å². The van der Waals surface area contributed by atoms with Crippen LogP contribution in [0, 0.1) is 20.2 Å². The Morgan fingerprint density at radius 3 is 2.20 bits per heavy atom. The minimum Gasteiger partial charge on any atom is -0.300 e. The van der Waals surface area contributed by atoms with Gasteiger partial charge in [0.05, 0.1) is 20.4 Å². The number of benzene rings is 1. The molecule has 0 saturated heterocycles. The second-order valence-corrected chi connectivity index (χ2v) is 4.14. The molecular weight excluding hydrogens is 340 g/mol. The maximum Gasteiger partial charge on any atom is 0.304 e. The van der Waals surface area contributed by atoms with Crippen molar-refractivity contribution in [2.75, 3.05) is 0 Å². The van der Waals surface area contributed by atoms with E-state index in [0.717, 1.165) is 6.07 Å². The molecule has 0 bridgehead atoms. The van der Waals surface area contributed by atoms with E-state index in [4.69, 9.17) is 0 Å². The predicted octanol–water partition coefficient (Wildman–Crippen LogP) is 2.12. The average Bonchev–Trinajstić information content (AvgIpc) is 2.40. The van der Waals surface area contributed by atoms with Gasteiger partial charge in [-0.2, -0.15) is 5.11 Å². The van der Waals surface area contributed by atoms with Gasteiger partial charge < -0.3 is 9.59 Å². The highest BCUT2D eigenvalue weighted by molar-refractivity contribution is 9.10. The molecule has 11 heteroatoms. The lowest BCUT2D eigenvalue weighted by atomic mass is 10.2. The minimum atomic E-state index is -1.39. The van der Waals surface area contributed by atoms with Crippen LogP contribution in [0.2, 0.25) is 0 Å². The number of azo groups is 1. The van der Waals surface area contributed by atoms with E-state index in [-0.39, 0.29) is 22.7 Å². The third-order valence-electron chi connectivity index (χ3n) is 2.01. The van der Waals surface area contributed by atoms with Crippen LogP contribution in [0.5, 0.6) is 0 Å². The molecule has 20 heavy (non-hydrogen) atoms. The van der Waals surface area contributed by atoms with Crippen molar-refractivity contribution in [3.63, 3.8) is 0 Å². The first kappa shape index (κ1) is 15.5. The number of carbonyl (C=O) groups excluding carboxylic acids is 2. The molecule has 0 unspecified atom stereocenters. The monoisotopic (exact) mass is 344 g/mol. The summed E-state index contributed by atoms with van der Waals surface area (Å²) < 4.78 is -0.0577. The van der Waals surface area contributed by atoms with E-state index in [0.29, 0.717) is 6.07 Å². The van der Waals surface area contributed by atoms with Crippen molar-refractivity contribution in [1.82, 2.24) is 0 Å². The van der Waals surface area contributed by atoms with Crippen LogP contribution in [-0.2, 0) is 9.59 Å². The van der Waals surface area contributed by atoms with E-state index < -0.39 is 27.3 Å². The Bertz CT molecular complexity index is 609.